The third-order valence-corrected chi connectivity index (χ3v) is 6.47. The van der Waals surface area contributed by atoms with Crippen LogP contribution in [-0.4, -0.2) is 8.42 Å². The van der Waals surface area contributed by atoms with E-state index in [1.807, 2.05) is 72.8 Å². The number of hydrogen-bond donors (Lipinski definition) is 2. The molecule has 0 radical (unpaired) electrons. The van der Waals surface area contributed by atoms with E-state index in [2.05, 4.69) is 25.5 Å². The highest BCUT2D eigenvalue weighted by atomic mass is 32.2. The first-order valence-corrected chi connectivity index (χ1v) is 11.2. The van der Waals surface area contributed by atoms with E-state index < -0.39 is 22.1 Å². The summed E-state index contributed by atoms with van der Waals surface area (Å²) in [4.78, 5) is 0.228. The predicted octanol–water partition coefficient (Wildman–Crippen LogP) is 4.70. The molecule has 0 fully saturated rings. The van der Waals surface area contributed by atoms with Crippen molar-refractivity contribution < 1.29 is 8.42 Å². The Hall–Kier alpha value is -2.47. The third-order valence-electron chi connectivity index (χ3n) is 5.02. The normalized spacial score (nSPS) is 14.3. The van der Waals surface area contributed by atoms with Gasteiger partial charge in [0.25, 0.3) is 0 Å². The Balaban J connectivity index is 1.95. The molecule has 0 aromatic heterocycles. The van der Waals surface area contributed by atoms with Gasteiger partial charge in [0.1, 0.15) is 0 Å². The van der Waals surface area contributed by atoms with Gasteiger partial charge in [-0.1, -0.05) is 93.6 Å². The van der Waals surface area contributed by atoms with E-state index in [-0.39, 0.29) is 10.3 Å². The molecule has 0 saturated carbocycles. The first kappa shape index (κ1) is 21.2. The Morgan fingerprint density at radius 3 is 1.72 bits per heavy atom. The van der Waals surface area contributed by atoms with Gasteiger partial charge in [0.15, 0.2) is 0 Å². The van der Waals surface area contributed by atoms with Gasteiger partial charge in [-0.3, -0.25) is 0 Å². The van der Waals surface area contributed by atoms with Gasteiger partial charge < -0.3 is 5.73 Å². The standard InChI is InChI=1S/C24H28N2O2S/c1-24(2,3)20-14-16-21(17-15-20)29(27,28)26-23(19-12-8-5-9-13-19)22(25)18-10-6-4-7-11-18/h4-17,22-23,26H,25H2,1-3H3/t22?,23-/m0/s1. The predicted molar refractivity (Wildman–Crippen MR) is 118 cm³/mol. The fraction of sp³-hybridized carbons (Fsp3) is 0.250. The van der Waals surface area contributed by atoms with E-state index in [0.29, 0.717) is 0 Å². The van der Waals surface area contributed by atoms with Crippen molar-refractivity contribution in [2.24, 2.45) is 5.73 Å². The van der Waals surface area contributed by atoms with Gasteiger partial charge in [0.2, 0.25) is 10.0 Å². The van der Waals surface area contributed by atoms with E-state index in [0.717, 1.165) is 16.7 Å². The molecule has 5 heteroatoms. The van der Waals surface area contributed by atoms with Crippen molar-refractivity contribution in [2.75, 3.05) is 0 Å². The van der Waals surface area contributed by atoms with E-state index in [4.69, 9.17) is 5.73 Å². The molecule has 0 aliphatic rings. The molecule has 0 bridgehead atoms. The monoisotopic (exact) mass is 408 g/mol. The minimum Gasteiger partial charge on any atom is -0.322 e. The lowest BCUT2D eigenvalue weighted by molar-refractivity contribution is 0.504. The van der Waals surface area contributed by atoms with Crippen LogP contribution < -0.4 is 10.5 Å². The van der Waals surface area contributed by atoms with E-state index in [1.54, 1.807) is 12.1 Å². The number of nitrogens with one attached hydrogen (secondary N) is 1. The lowest BCUT2D eigenvalue weighted by Gasteiger charge is -2.26. The molecule has 152 valence electrons. The van der Waals surface area contributed by atoms with Gasteiger partial charge in [-0.25, -0.2) is 13.1 Å². The van der Waals surface area contributed by atoms with Crippen LogP contribution in [0.3, 0.4) is 0 Å². The van der Waals surface area contributed by atoms with Crippen LogP contribution in [0.2, 0.25) is 0 Å². The molecule has 1 unspecified atom stereocenters. The zero-order chi connectivity index (χ0) is 21.1. The summed E-state index contributed by atoms with van der Waals surface area (Å²) in [5, 5.41) is 0. The molecule has 0 aliphatic carbocycles. The van der Waals surface area contributed by atoms with Gasteiger partial charge in [0.05, 0.1) is 17.0 Å². The Morgan fingerprint density at radius 2 is 1.24 bits per heavy atom. The molecule has 4 nitrogen and oxygen atoms in total. The zero-order valence-electron chi connectivity index (χ0n) is 17.0. The van der Waals surface area contributed by atoms with Crippen LogP contribution in [-0.2, 0) is 15.4 Å². The van der Waals surface area contributed by atoms with Crippen molar-refractivity contribution in [2.45, 2.75) is 43.2 Å². The van der Waals surface area contributed by atoms with Gasteiger partial charge >= 0.3 is 0 Å². The highest BCUT2D eigenvalue weighted by Gasteiger charge is 2.27. The fourth-order valence-electron chi connectivity index (χ4n) is 3.25. The van der Waals surface area contributed by atoms with E-state index >= 15 is 0 Å². The first-order chi connectivity index (χ1) is 13.7. The van der Waals surface area contributed by atoms with Crippen molar-refractivity contribution >= 4 is 10.0 Å². The largest absolute Gasteiger partial charge is 0.322 e. The maximum Gasteiger partial charge on any atom is 0.241 e. The first-order valence-electron chi connectivity index (χ1n) is 9.67. The lowest BCUT2D eigenvalue weighted by atomic mass is 9.87. The molecule has 2 atom stereocenters. The molecule has 3 aromatic rings. The summed E-state index contributed by atoms with van der Waals surface area (Å²) in [5.41, 5.74) is 9.23. The number of rotatable bonds is 6. The molecule has 0 amide bonds. The quantitative estimate of drug-likeness (QED) is 0.621. The zero-order valence-corrected chi connectivity index (χ0v) is 17.9. The van der Waals surface area contributed by atoms with Gasteiger partial charge in [-0.15, -0.1) is 0 Å². The third kappa shape index (κ3) is 5.12. The summed E-state index contributed by atoms with van der Waals surface area (Å²) >= 11 is 0. The Labute approximate surface area is 173 Å². The molecular weight excluding hydrogens is 380 g/mol. The summed E-state index contributed by atoms with van der Waals surface area (Å²) in [6.07, 6.45) is 0. The smallest absolute Gasteiger partial charge is 0.241 e. The SMILES string of the molecule is CC(C)(C)c1ccc(S(=O)(=O)N[C@@H](c2ccccc2)C(N)c2ccccc2)cc1. The molecule has 3 N–H and O–H groups in total. The number of benzene rings is 3. The maximum absolute atomic E-state index is 13.1. The van der Waals surface area contributed by atoms with E-state index in [1.165, 1.54) is 0 Å². The minimum absolute atomic E-state index is 0.0437. The van der Waals surface area contributed by atoms with Crippen molar-refractivity contribution in [3.63, 3.8) is 0 Å². The van der Waals surface area contributed by atoms with Crippen LogP contribution in [0.4, 0.5) is 0 Å². The summed E-state index contributed by atoms with van der Waals surface area (Å²) in [5.74, 6) is 0. The van der Waals surface area contributed by atoms with Crippen LogP contribution in [0.5, 0.6) is 0 Å². The molecule has 0 aliphatic heterocycles. The van der Waals surface area contributed by atoms with Crippen molar-refractivity contribution in [3.05, 3.63) is 102 Å². The van der Waals surface area contributed by atoms with Gasteiger partial charge in [-0.2, -0.15) is 0 Å². The molecule has 3 aromatic carbocycles. The lowest BCUT2D eigenvalue weighted by Crippen LogP contribution is -2.36. The Morgan fingerprint density at radius 1 is 0.759 bits per heavy atom. The molecule has 0 spiro atoms. The average Bonchev–Trinajstić information content (AvgIpc) is 2.72. The highest BCUT2D eigenvalue weighted by Crippen LogP contribution is 2.29. The maximum atomic E-state index is 13.1. The van der Waals surface area contributed by atoms with Crippen LogP contribution in [0.1, 0.15) is 49.5 Å². The second-order valence-corrected chi connectivity index (χ2v) is 9.93. The average molecular weight is 409 g/mol. The highest BCUT2D eigenvalue weighted by molar-refractivity contribution is 7.89. The number of sulfonamides is 1. The summed E-state index contributed by atoms with van der Waals surface area (Å²) in [6.45, 7) is 6.29. The summed E-state index contributed by atoms with van der Waals surface area (Å²) < 4.78 is 29.1. The van der Waals surface area contributed by atoms with Crippen molar-refractivity contribution in [1.29, 1.82) is 0 Å². The molecule has 0 saturated heterocycles. The number of nitrogens with two attached hydrogens (primary N) is 1. The van der Waals surface area contributed by atoms with Crippen molar-refractivity contribution in [1.82, 2.24) is 4.72 Å². The van der Waals surface area contributed by atoms with Crippen LogP contribution >= 0.6 is 0 Å². The molecule has 0 heterocycles. The molecule has 29 heavy (non-hydrogen) atoms. The van der Waals surface area contributed by atoms with Crippen molar-refractivity contribution in [3.8, 4) is 0 Å². The van der Waals surface area contributed by atoms with E-state index in [9.17, 15) is 8.42 Å². The fourth-order valence-corrected chi connectivity index (χ4v) is 4.49. The minimum atomic E-state index is -3.75. The second-order valence-electron chi connectivity index (χ2n) is 8.22. The Bertz CT molecular complexity index is 1030. The Kier molecular flexibility index (Phi) is 6.22. The van der Waals surface area contributed by atoms with Gasteiger partial charge in [-0.05, 0) is 34.2 Å². The summed E-state index contributed by atoms with van der Waals surface area (Å²) in [7, 11) is -3.75. The van der Waals surface area contributed by atoms with Crippen LogP contribution in [0, 0.1) is 0 Å². The summed E-state index contributed by atoms with van der Waals surface area (Å²) in [6, 6.07) is 24.9. The second kappa shape index (κ2) is 8.49. The molecule has 3 rings (SSSR count). The molecular formula is C24H28N2O2S. The van der Waals surface area contributed by atoms with Gasteiger partial charge in [0, 0.05) is 0 Å². The van der Waals surface area contributed by atoms with Crippen LogP contribution in [0.25, 0.3) is 0 Å². The number of hydrogen-bond acceptors (Lipinski definition) is 3. The van der Waals surface area contributed by atoms with Crippen LogP contribution in [0.15, 0.2) is 89.8 Å². The topological polar surface area (TPSA) is 72.2 Å².